The van der Waals surface area contributed by atoms with Gasteiger partial charge in [-0.15, -0.1) is 0 Å². The molecule has 0 aliphatic carbocycles. The molecular formula is C16H17BrClNO. The fourth-order valence-corrected chi connectivity index (χ4v) is 2.72. The van der Waals surface area contributed by atoms with E-state index in [9.17, 15) is 0 Å². The van der Waals surface area contributed by atoms with Gasteiger partial charge in [0.05, 0.1) is 0 Å². The van der Waals surface area contributed by atoms with E-state index in [4.69, 9.17) is 16.3 Å². The van der Waals surface area contributed by atoms with Crippen molar-refractivity contribution in [2.24, 2.45) is 0 Å². The van der Waals surface area contributed by atoms with Crippen molar-refractivity contribution >= 4 is 27.5 Å². The summed E-state index contributed by atoms with van der Waals surface area (Å²) in [5, 5.41) is 3.87. The number of benzene rings is 2. The molecule has 1 N–H and O–H groups in total. The molecular weight excluding hydrogens is 338 g/mol. The molecule has 0 bridgehead atoms. The van der Waals surface area contributed by atoms with Crippen LogP contribution in [0.25, 0.3) is 0 Å². The minimum Gasteiger partial charge on any atom is -0.489 e. The molecule has 106 valence electrons. The average molecular weight is 355 g/mol. The maximum absolute atomic E-state index is 5.94. The molecule has 0 fully saturated rings. The highest BCUT2D eigenvalue weighted by Crippen LogP contribution is 2.25. The van der Waals surface area contributed by atoms with Crippen molar-refractivity contribution in [1.82, 2.24) is 5.32 Å². The van der Waals surface area contributed by atoms with E-state index >= 15 is 0 Å². The SMILES string of the molecule is CNCc1ccc(COc2ccc(Cl)cc2C)c(Br)c1. The van der Waals surface area contributed by atoms with Gasteiger partial charge in [-0.05, 0) is 49.4 Å². The zero-order valence-electron chi connectivity index (χ0n) is 11.5. The third-order valence-electron chi connectivity index (χ3n) is 3.02. The lowest BCUT2D eigenvalue weighted by atomic mass is 10.1. The highest BCUT2D eigenvalue weighted by Gasteiger charge is 2.05. The summed E-state index contributed by atoms with van der Waals surface area (Å²) in [5.41, 5.74) is 3.41. The van der Waals surface area contributed by atoms with E-state index in [1.165, 1.54) is 5.56 Å². The molecule has 2 aromatic rings. The van der Waals surface area contributed by atoms with Crippen LogP contribution in [-0.4, -0.2) is 7.05 Å². The third-order valence-corrected chi connectivity index (χ3v) is 3.99. The molecule has 0 amide bonds. The number of nitrogens with one attached hydrogen (secondary N) is 1. The predicted octanol–water partition coefficient (Wildman–Crippen LogP) is 4.71. The number of halogens is 2. The molecule has 2 aromatic carbocycles. The maximum atomic E-state index is 5.94. The fraction of sp³-hybridized carbons (Fsp3) is 0.250. The van der Waals surface area contributed by atoms with Crippen LogP contribution in [0.4, 0.5) is 0 Å². The molecule has 0 aliphatic heterocycles. The number of rotatable bonds is 5. The van der Waals surface area contributed by atoms with E-state index in [0.717, 1.165) is 32.9 Å². The fourth-order valence-electron chi connectivity index (χ4n) is 1.95. The molecule has 0 saturated heterocycles. The van der Waals surface area contributed by atoms with Crippen LogP contribution in [0.5, 0.6) is 5.75 Å². The van der Waals surface area contributed by atoms with Gasteiger partial charge in [-0.2, -0.15) is 0 Å². The van der Waals surface area contributed by atoms with Crippen LogP contribution < -0.4 is 10.1 Å². The van der Waals surface area contributed by atoms with Crippen molar-refractivity contribution in [3.63, 3.8) is 0 Å². The van der Waals surface area contributed by atoms with Gasteiger partial charge in [0.25, 0.3) is 0 Å². The van der Waals surface area contributed by atoms with Gasteiger partial charge in [-0.25, -0.2) is 0 Å². The monoisotopic (exact) mass is 353 g/mol. The van der Waals surface area contributed by atoms with Crippen molar-refractivity contribution in [3.8, 4) is 5.75 Å². The van der Waals surface area contributed by atoms with Crippen molar-refractivity contribution in [2.75, 3.05) is 7.05 Å². The molecule has 0 aliphatic rings. The van der Waals surface area contributed by atoms with Gasteiger partial charge in [0, 0.05) is 21.6 Å². The molecule has 0 saturated carbocycles. The van der Waals surface area contributed by atoms with E-state index in [0.29, 0.717) is 6.61 Å². The molecule has 20 heavy (non-hydrogen) atoms. The van der Waals surface area contributed by atoms with E-state index < -0.39 is 0 Å². The second-order valence-corrected chi connectivity index (χ2v) is 5.95. The quantitative estimate of drug-likeness (QED) is 0.839. The number of ether oxygens (including phenoxy) is 1. The van der Waals surface area contributed by atoms with Crippen LogP contribution in [0.1, 0.15) is 16.7 Å². The van der Waals surface area contributed by atoms with E-state index in [-0.39, 0.29) is 0 Å². The Morgan fingerprint density at radius 2 is 2.00 bits per heavy atom. The maximum Gasteiger partial charge on any atom is 0.122 e. The highest BCUT2D eigenvalue weighted by atomic mass is 79.9. The first kappa shape index (κ1) is 15.4. The van der Waals surface area contributed by atoms with Gasteiger partial charge < -0.3 is 10.1 Å². The summed E-state index contributed by atoms with van der Waals surface area (Å²) in [6, 6.07) is 12.0. The summed E-state index contributed by atoms with van der Waals surface area (Å²) in [6.45, 7) is 3.38. The molecule has 0 atom stereocenters. The molecule has 4 heteroatoms. The van der Waals surface area contributed by atoms with Crippen LogP contribution >= 0.6 is 27.5 Å². The van der Waals surface area contributed by atoms with Crippen molar-refractivity contribution < 1.29 is 4.74 Å². The standard InChI is InChI=1S/C16H17BrClNO/c1-11-7-14(18)5-6-16(11)20-10-13-4-3-12(9-19-2)8-15(13)17/h3-8,19H,9-10H2,1-2H3. The van der Waals surface area contributed by atoms with Gasteiger partial charge in [0.1, 0.15) is 12.4 Å². The lowest BCUT2D eigenvalue weighted by Gasteiger charge is -2.11. The Balaban J connectivity index is 2.07. The molecule has 2 nitrogen and oxygen atoms in total. The first-order valence-corrected chi connectivity index (χ1v) is 7.58. The first-order chi connectivity index (χ1) is 9.60. The Morgan fingerprint density at radius 1 is 1.20 bits per heavy atom. The van der Waals surface area contributed by atoms with Crippen molar-refractivity contribution in [2.45, 2.75) is 20.1 Å². The van der Waals surface area contributed by atoms with Gasteiger partial charge in [0.2, 0.25) is 0 Å². The first-order valence-electron chi connectivity index (χ1n) is 6.41. The molecule has 0 aromatic heterocycles. The minimum absolute atomic E-state index is 0.531. The second-order valence-electron chi connectivity index (χ2n) is 4.65. The smallest absolute Gasteiger partial charge is 0.122 e. The van der Waals surface area contributed by atoms with Crippen LogP contribution in [0.2, 0.25) is 5.02 Å². The lowest BCUT2D eigenvalue weighted by molar-refractivity contribution is 0.303. The predicted molar refractivity (Wildman–Crippen MR) is 87.4 cm³/mol. The Bertz CT molecular complexity index is 601. The average Bonchev–Trinajstić information content (AvgIpc) is 2.40. The Hall–Kier alpha value is -1.03. The zero-order chi connectivity index (χ0) is 14.5. The van der Waals surface area contributed by atoms with Crippen LogP contribution in [-0.2, 0) is 13.2 Å². The zero-order valence-corrected chi connectivity index (χ0v) is 13.9. The lowest BCUT2D eigenvalue weighted by Crippen LogP contribution is -2.05. The summed E-state index contributed by atoms with van der Waals surface area (Å²) in [5.74, 6) is 0.862. The Morgan fingerprint density at radius 3 is 2.65 bits per heavy atom. The molecule has 0 spiro atoms. The van der Waals surface area contributed by atoms with Gasteiger partial charge >= 0.3 is 0 Å². The summed E-state index contributed by atoms with van der Waals surface area (Å²) in [4.78, 5) is 0. The molecule has 0 unspecified atom stereocenters. The normalized spacial score (nSPS) is 10.6. The number of hydrogen-bond donors (Lipinski definition) is 1. The van der Waals surface area contributed by atoms with E-state index in [2.05, 4.69) is 39.4 Å². The number of hydrogen-bond acceptors (Lipinski definition) is 2. The number of aryl methyl sites for hydroxylation is 1. The van der Waals surface area contributed by atoms with Crippen molar-refractivity contribution in [3.05, 3.63) is 62.6 Å². The summed E-state index contributed by atoms with van der Waals surface area (Å²) in [7, 11) is 1.94. The molecule has 0 heterocycles. The highest BCUT2D eigenvalue weighted by molar-refractivity contribution is 9.10. The summed E-state index contributed by atoms with van der Waals surface area (Å²) in [6.07, 6.45) is 0. The topological polar surface area (TPSA) is 21.3 Å². The molecule has 0 radical (unpaired) electrons. The van der Waals surface area contributed by atoms with Gasteiger partial charge in [-0.3, -0.25) is 0 Å². The van der Waals surface area contributed by atoms with Crippen LogP contribution in [0.15, 0.2) is 40.9 Å². The summed E-state index contributed by atoms with van der Waals surface area (Å²) < 4.78 is 6.92. The van der Waals surface area contributed by atoms with Gasteiger partial charge in [-0.1, -0.05) is 39.7 Å². The molecule has 2 rings (SSSR count). The van der Waals surface area contributed by atoms with Gasteiger partial charge in [0.15, 0.2) is 0 Å². The Labute approximate surface area is 133 Å². The summed E-state index contributed by atoms with van der Waals surface area (Å²) >= 11 is 9.53. The van der Waals surface area contributed by atoms with Crippen molar-refractivity contribution in [1.29, 1.82) is 0 Å². The third kappa shape index (κ3) is 3.98. The largest absolute Gasteiger partial charge is 0.489 e. The minimum atomic E-state index is 0.531. The van der Waals surface area contributed by atoms with E-state index in [1.54, 1.807) is 0 Å². The van der Waals surface area contributed by atoms with E-state index in [1.807, 2.05) is 32.2 Å². The van der Waals surface area contributed by atoms with Crippen LogP contribution in [0, 0.1) is 6.92 Å². The Kier molecular flexibility index (Phi) is 5.46. The second kappa shape index (κ2) is 7.11. The van der Waals surface area contributed by atoms with Crippen LogP contribution in [0.3, 0.4) is 0 Å².